The van der Waals surface area contributed by atoms with E-state index in [-0.39, 0.29) is 11.8 Å². The Labute approximate surface area is 127 Å². The molecule has 1 heterocycles. The minimum atomic E-state index is -0.886. The van der Waals surface area contributed by atoms with E-state index in [1.165, 1.54) is 0 Å². The Bertz CT molecular complexity index is 664. The van der Waals surface area contributed by atoms with Crippen molar-refractivity contribution in [3.8, 4) is 0 Å². The van der Waals surface area contributed by atoms with Crippen LogP contribution >= 0.6 is 0 Å². The highest BCUT2D eigenvalue weighted by Crippen LogP contribution is 2.38. The maximum absolute atomic E-state index is 11.8. The first kappa shape index (κ1) is 14.3. The van der Waals surface area contributed by atoms with Gasteiger partial charge in [-0.1, -0.05) is 24.3 Å². The summed E-state index contributed by atoms with van der Waals surface area (Å²) in [5.74, 6) is -1.93. The van der Waals surface area contributed by atoms with Crippen LogP contribution in [0.3, 0.4) is 0 Å². The molecule has 0 aliphatic heterocycles. The monoisotopic (exact) mass is 299 g/mol. The standard InChI is InChI=1S/C16H17N3O3/c20-15(13-8-14(13)16(21)22)17-9-11-2-4-12(5-3-11)10-19-7-1-6-18-19/h1-7,13-14H,8-10H2,(H,17,20)(H,21,22)/t13-,14-/m0/s1. The van der Waals surface area contributed by atoms with Gasteiger partial charge in [-0.15, -0.1) is 0 Å². The van der Waals surface area contributed by atoms with Crippen molar-refractivity contribution in [3.05, 3.63) is 53.9 Å². The highest BCUT2D eigenvalue weighted by Gasteiger charge is 2.48. The normalized spacial score (nSPS) is 19.6. The van der Waals surface area contributed by atoms with Crippen molar-refractivity contribution in [1.29, 1.82) is 0 Å². The highest BCUT2D eigenvalue weighted by atomic mass is 16.4. The van der Waals surface area contributed by atoms with Crippen molar-refractivity contribution in [2.45, 2.75) is 19.5 Å². The van der Waals surface area contributed by atoms with E-state index in [9.17, 15) is 9.59 Å². The van der Waals surface area contributed by atoms with Crippen LogP contribution < -0.4 is 5.32 Å². The minimum absolute atomic E-state index is 0.173. The molecule has 1 fully saturated rings. The largest absolute Gasteiger partial charge is 0.481 e. The Morgan fingerprint density at radius 3 is 2.55 bits per heavy atom. The number of carbonyl (C=O) groups is 2. The van der Waals surface area contributed by atoms with Crippen LogP contribution in [0, 0.1) is 11.8 Å². The molecule has 1 saturated carbocycles. The SMILES string of the molecule is O=C(O)[C@H]1C[C@@H]1C(=O)NCc1ccc(Cn2cccn2)cc1. The molecule has 1 aliphatic carbocycles. The molecule has 2 N–H and O–H groups in total. The van der Waals surface area contributed by atoms with E-state index in [2.05, 4.69) is 10.4 Å². The molecule has 6 heteroatoms. The first-order chi connectivity index (χ1) is 10.6. The maximum Gasteiger partial charge on any atom is 0.307 e. The van der Waals surface area contributed by atoms with Gasteiger partial charge in [0.25, 0.3) is 0 Å². The summed E-state index contributed by atoms with van der Waals surface area (Å²) in [5, 5.41) is 15.8. The highest BCUT2D eigenvalue weighted by molar-refractivity contribution is 5.89. The summed E-state index contributed by atoms with van der Waals surface area (Å²) in [4.78, 5) is 22.5. The quantitative estimate of drug-likeness (QED) is 0.841. The lowest BCUT2D eigenvalue weighted by molar-refractivity contribution is -0.140. The van der Waals surface area contributed by atoms with Crippen molar-refractivity contribution in [2.75, 3.05) is 0 Å². The molecular weight excluding hydrogens is 282 g/mol. The lowest BCUT2D eigenvalue weighted by Crippen LogP contribution is -2.25. The summed E-state index contributed by atoms with van der Waals surface area (Å²) in [7, 11) is 0. The molecule has 6 nitrogen and oxygen atoms in total. The number of carboxylic acid groups (broad SMARTS) is 1. The van der Waals surface area contributed by atoms with Crippen molar-refractivity contribution in [1.82, 2.24) is 15.1 Å². The summed E-state index contributed by atoms with van der Waals surface area (Å²) in [6, 6.07) is 9.80. The van der Waals surface area contributed by atoms with Crippen LogP contribution in [0.2, 0.25) is 0 Å². The number of nitrogens with zero attached hydrogens (tertiary/aromatic N) is 2. The molecule has 2 aromatic rings. The zero-order valence-corrected chi connectivity index (χ0v) is 12.0. The van der Waals surface area contributed by atoms with Crippen LogP contribution in [0.15, 0.2) is 42.7 Å². The third-order valence-corrected chi connectivity index (χ3v) is 3.84. The van der Waals surface area contributed by atoms with Crippen LogP contribution in [0.4, 0.5) is 0 Å². The number of hydrogen-bond acceptors (Lipinski definition) is 3. The number of amides is 1. The van der Waals surface area contributed by atoms with Gasteiger partial charge in [-0.3, -0.25) is 14.3 Å². The minimum Gasteiger partial charge on any atom is -0.481 e. The van der Waals surface area contributed by atoms with Gasteiger partial charge in [-0.25, -0.2) is 0 Å². The van der Waals surface area contributed by atoms with Gasteiger partial charge in [0, 0.05) is 18.9 Å². The van der Waals surface area contributed by atoms with E-state index in [0.29, 0.717) is 19.5 Å². The van der Waals surface area contributed by atoms with Gasteiger partial charge in [0.05, 0.1) is 18.4 Å². The second-order valence-electron chi connectivity index (χ2n) is 5.52. The predicted octanol–water partition coefficient (Wildman–Crippen LogP) is 1.27. The van der Waals surface area contributed by atoms with Gasteiger partial charge in [0.15, 0.2) is 0 Å². The van der Waals surface area contributed by atoms with E-state index >= 15 is 0 Å². The van der Waals surface area contributed by atoms with Crippen molar-refractivity contribution >= 4 is 11.9 Å². The molecule has 2 atom stereocenters. The van der Waals surface area contributed by atoms with Gasteiger partial charge in [-0.2, -0.15) is 5.10 Å². The van der Waals surface area contributed by atoms with Crippen LogP contribution in [-0.2, 0) is 22.7 Å². The second-order valence-corrected chi connectivity index (χ2v) is 5.52. The first-order valence-electron chi connectivity index (χ1n) is 7.19. The molecule has 3 rings (SSSR count). The van der Waals surface area contributed by atoms with Gasteiger partial charge in [-0.05, 0) is 23.6 Å². The Morgan fingerprint density at radius 1 is 1.23 bits per heavy atom. The van der Waals surface area contributed by atoms with E-state index < -0.39 is 11.9 Å². The molecule has 1 aromatic heterocycles. The van der Waals surface area contributed by atoms with Gasteiger partial charge < -0.3 is 10.4 Å². The van der Waals surface area contributed by atoms with Gasteiger partial charge in [0.1, 0.15) is 0 Å². The topological polar surface area (TPSA) is 84.2 Å². The van der Waals surface area contributed by atoms with E-state index in [0.717, 1.165) is 11.1 Å². The maximum atomic E-state index is 11.8. The number of benzene rings is 1. The fraction of sp³-hybridized carbons (Fsp3) is 0.312. The molecule has 114 valence electrons. The number of hydrogen-bond donors (Lipinski definition) is 2. The number of nitrogens with one attached hydrogen (secondary N) is 1. The summed E-state index contributed by atoms with van der Waals surface area (Å²) in [5.41, 5.74) is 2.12. The lowest BCUT2D eigenvalue weighted by atomic mass is 10.1. The summed E-state index contributed by atoms with van der Waals surface area (Å²) in [6.45, 7) is 1.13. The Balaban J connectivity index is 1.49. The molecule has 0 radical (unpaired) electrons. The van der Waals surface area contributed by atoms with E-state index in [1.807, 2.05) is 41.2 Å². The van der Waals surface area contributed by atoms with Crippen LogP contribution in [0.5, 0.6) is 0 Å². The predicted molar refractivity (Wildman–Crippen MR) is 78.9 cm³/mol. The number of carbonyl (C=O) groups excluding carboxylic acids is 1. The molecule has 22 heavy (non-hydrogen) atoms. The molecule has 0 saturated heterocycles. The van der Waals surface area contributed by atoms with Crippen molar-refractivity contribution in [2.24, 2.45) is 11.8 Å². The van der Waals surface area contributed by atoms with E-state index in [1.54, 1.807) is 6.20 Å². The summed E-state index contributed by atoms with van der Waals surface area (Å²) < 4.78 is 1.84. The van der Waals surface area contributed by atoms with Gasteiger partial charge >= 0.3 is 5.97 Å². The number of aromatic nitrogens is 2. The van der Waals surface area contributed by atoms with E-state index in [4.69, 9.17) is 5.11 Å². The average Bonchev–Trinajstić information content (AvgIpc) is 3.17. The summed E-state index contributed by atoms with van der Waals surface area (Å²) in [6.07, 6.45) is 4.10. The summed E-state index contributed by atoms with van der Waals surface area (Å²) >= 11 is 0. The van der Waals surface area contributed by atoms with Crippen LogP contribution in [0.1, 0.15) is 17.5 Å². The molecule has 0 bridgehead atoms. The number of rotatable bonds is 6. The van der Waals surface area contributed by atoms with Gasteiger partial charge in [0.2, 0.25) is 5.91 Å². The first-order valence-corrected chi connectivity index (χ1v) is 7.19. The fourth-order valence-corrected chi connectivity index (χ4v) is 2.42. The Hall–Kier alpha value is -2.63. The lowest BCUT2D eigenvalue weighted by Gasteiger charge is -2.06. The third-order valence-electron chi connectivity index (χ3n) is 3.84. The number of aliphatic carboxylic acids is 1. The number of carboxylic acids is 1. The fourth-order valence-electron chi connectivity index (χ4n) is 2.42. The molecule has 1 aliphatic rings. The zero-order valence-electron chi connectivity index (χ0n) is 12.0. The van der Waals surface area contributed by atoms with Crippen molar-refractivity contribution < 1.29 is 14.7 Å². The Morgan fingerprint density at radius 2 is 1.95 bits per heavy atom. The van der Waals surface area contributed by atoms with Crippen molar-refractivity contribution in [3.63, 3.8) is 0 Å². The molecular formula is C16H17N3O3. The molecule has 0 unspecified atom stereocenters. The molecule has 1 aromatic carbocycles. The second kappa shape index (κ2) is 6.01. The molecule has 0 spiro atoms. The smallest absolute Gasteiger partial charge is 0.307 e. The Kier molecular flexibility index (Phi) is 3.91. The van der Waals surface area contributed by atoms with Crippen LogP contribution in [-0.4, -0.2) is 26.8 Å². The molecule has 1 amide bonds. The average molecular weight is 299 g/mol. The van der Waals surface area contributed by atoms with Crippen LogP contribution in [0.25, 0.3) is 0 Å². The zero-order chi connectivity index (χ0) is 15.5. The third kappa shape index (κ3) is 3.33.